The highest BCUT2D eigenvalue weighted by Gasteiger charge is 2.36. The molecule has 0 spiro atoms. The molecule has 1 aliphatic rings. The smallest absolute Gasteiger partial charge is 0.335 e. The van der Waals surface area contributed by atoms with E-state index in [0.717, 1.165) is 4.90 Å². The molecule has 29 heavy (non-hydrogen) atoms. The van der Waals surface area contributed by atoms with Crippen LogP contribution in [0.25, 0.3) is 6.08 Å². The van der Waals surface area contributed by atoms with E-state index in [1.807, 2.05) is 13.8 Å². The number of carbonyl (C=O) groups excluding carboxylic acids is 3. The topological polar surface area (TPSA) is 84.9 Å². The summed E-state index contributed by atoms with van der Waals surface area (Å²) < 4.78 is 11.9. The maximum Gasteiger partial charge on any atom is 0.335 e. The van der Waals surface area contributed by atoms with E-state index in [9.17, 15) is 14.4 Å². The fraction of sp³-hybridized carbons (Fsp3) is 0.190. The number of para-hydroxylation sites is 1. The first kappa shape index (κ1) is 20.6. The number of hydrogen-bond donors (Lipinski definition) is 1. The summed E-state index contributed by atoms with van der Waals surface area (Å²) in [5.74, 6) is -0.435. The number of ether oxygens (including phenoxy) is 2. The second-order valence-corrected chi connectivity index (χ2v) is 6.84. The van der Waals surface area contributed by atoms with E-state index in [4.69, 9.17) is 9.47 Å². The first-order valence-corrected chi connectivity index (χ1v) is 9.81. The van der Waals surface area contributed by atoms with Crippen LogP contribution >= 0.6 is 15.9 Å². The molecular weight excluding hydrogens is 440 g/mol. The summed E-state index contributed by atoms with van der Waals surface area (Å²) in [4.78, 5) is 38.4. The Bertz CT molecular complexity index is 988. The number of urea groups is 1. The summed E-state index contributed by atoms with van der Waals surface area (Å²) >= 11 is 3.44. The molecule has 1 fully saturated rings. The Morgan fingerprint density at radius 2 is 1.72 bits per heavy atom. The monoisotopic (exact) mass is 458 g/mol. The minimum Gasteiger partial charge on any atom is -0.490 e. The van der Waals surface area contributed by atoms with Gasteiger partial charge in [0.05, 0.1) is 23.4 Å². The number of amides is 4. The van der Waals surface area contributed by atoms with Crippen LogP contribution in [0.3, 0.4) is 0 Å². The van der Waals surface area contributed by atoms with Crippen LogP contribution in [0.4, 0.5) is 10.5 Å². The van der Waals surface area contributed by atoms with Crippen molar-refractivity contribution in [3.05, 3.63) is 58.1 Å². The molecule has 8 heteroatoms. The molecule has 1 aliphatic heterocycles. The molecule has 2 aromatic carbocycles. The lowest BCUT2D eigenvalue weighted by Crippen LogP contribution is -2.54. The number of nitrogens with zero attached hydrogens (tertiary/aromatic N) is 1. The van der Waals surface area contributed by atoms with Gasteiger partial charge in [0.25, 0.3) is 11.8 Å². The lowest BCUT2D eigenvalue weighted by Gasteiger charge is -2.26. The van der Waals surface area contributed by atoms with Gasteiger partial charge in [-0.3, -0.25) is 14.9 Å². The maximum absolute atomic E-state index is 12.9. The van der Waals surface area contributed by atoms with Crippen molar-refractivity contribution in [2.75, 3.05) is 18.1 Å². The summed E-state index contributed by atoms with van der Waals surface area (Å²) in [7, 11) is 0. The SMILES string of the molecule is CCOc1cc(C=C2C(=O)NC(=O)N(c3ccccc3)C2=O)cc(Br)c1OCC. The highest BCUT2D eigenvalue weighted by molar-refractivity contribution is 9.10. The van der Waals surface area contributed by atoms with Gasteiger partial charge in [-0.05, 0) is 65.7 Å². The summed E-state index contributed by atoms with van der Waals surface area (Å²) in [6.45, 7) is 4.57. The van der Waals surface area contributed by atoms with Gasteiger partial charge in [-0.2, -0.15) is 0 Å². The average Bonchev–Trinajstić information content (AvgIpc) is 2.69. The van der Waals surface area contributed by atoms with Gasteiger partial charge in [0.15, 0.2) is 11.5 Å². The third-order valence-electron chi connectivity index (χ3n) is 4.05. The molecule has 1 saturated heterocycles. The largest absolute Gasteiger partial charge is 0.490 e. The molecule has 0 bridgehead atoms. The van der Waals surface area contributed by atoms with Crippen molar-refractivity contribution in [1.82, 2.24) is 5.32 Å². The number of benzene rings is 2. The number of halogens is 1. The summed E-state index contributed by atoms with van der Waals surface area (Å²) in [6, 6.07) is 11.0. The van der Waals surface area contributed by atoms with Gasteiger partial charge in [0.2, 0.25) is 0 Å². The predicted octanol–water partition coefficient (Wildman–Crippen LogP) is 3.91. The fourth-order valence-electron chi connectivity index (χ4n) is 2.85. The van der Waals surface area contributed by atoms with Gasteiger partial charge in [-0.1, -0.05) is 18.2 Å². The van der Waals surface area contributed by atoms with E-state index < -0.39 is 17.8 Å². The number of nitrogens with one attached hydrogen (secondary N) is 1. The van der Waals surface area contributed by atoms with Crippen LogP contribution in [-0.2, 0) is 9.59 Å². The van der Waals surface area contributed by atoms with Crippen LogP contribution < -0.4 is 19.7 Å². The Balaban J connectivity index is 2.03. The molecule has 1 heterocycles. The second-order valence-electron chi connectivity index (χ2n) is 5.99. The molecule has 7 nitrogen and oxygen atoms in total. The molecular formula is C21H19BrN2O5. The van der Waals surface area contributed by atoms with Crippen molar-refractivity contribution in [1.29, 1.82) is 0 Å². The molecule has 4 amide bonds. The zero-order valence-corrected chi connectivity index (χ0v) is 17.5. The number of imide groups is 2. The summed E-state index contributed by atoms with van der Waals surface area (Å²) in [5.41, 5.74) is 0.757. The number of hydrogen-bond acceptors (Lipinski definition) is 5. The third-order valence-corrected chi connectivity index (χ3v) is 4.64. The van der Waals surface area contributed by atoms with Gasteiger partial charge < -0.3 is 9.47 Å². The van der Waals surface area contributed by atoms with Crippen molar-refractivity contribution in [2.45, 2.75) is 13.8 Å². The second kappa shape index (κ2) is 8.91. The van der Waals surface area contributed by atoms with E-state index >= 15 is 0 Å². The minimum absolute atomic E-state index is 0.160. The number of carbonyl (C=O) groups is 3. The van der Waals surface area contributed by atoms with Crippen molar-refractivity contribution >= 4 is 45.5 Å². The van der Waals surface area contributed by atoms with Gasteiger partial charge in [-0.25, -0.2) is 9.69 Å². The van der Waals surface area contributed by atoms with Crippen molar-refractivity contribution < 1.29 is 23.9 Å². The van der Waals surface area contributed by atoms with Gasteiger partial charge in [0.1, 0.15) is 5.57 Å². The van der Waals surface area contributed by atoms with Crippen LogP contribution in [0, 0.1) is 0 Å². The van der Waals surface area contributed by atoms with Gasteiger partial charge in [-0.15, -0.1) is 0 Å². The molecule has 150 valence electrons. The van der Waals surface area contributed by atoms with E-state index in [2.05, 4.69) is 21.2 Å². The van der Waals surface area contributed by atoms with Crippen molar-refractivity contribution in [2.24, 2.45) is 0 Å². The maximum atomic E-state index is 12.9. The van der Waals surface area contributed by atoms with E-state index in [0.29, 0.717) is 40.4 Å². The zero-order chi connectivity index (χ0) is 21.0. The Hall–Kier alpha value is -3.13. The zero-order valence-electron chi connectivity index (χ0n) is 15.9. The number of barbiturate groups is 1. The first-order chi connectivity index (χ1) is 14.0. The molecule has 0 atom stereocenters. The Morgan fingerprint density at radius 3 is 2.38 bits per heavy atom. The van der Waals surface area contributed by atoms with E-state index in [1.54, 1.807) is 42.5 Å². The van der Waals surface area contributed by atoms with Crippen molar-refractivity contribution in [3.8, 4) is 11.5 Å². The quantitative estimate of drug-likeness (QED) is 0.523. The molecule has 0 radical (unpaired) electrons. The lowest BCUT2D eigenvalue weighted by molar-refractivity contribution is -0.122. The Kier molecular flexibility index (Phi) is 6.33. The standard InChI is InChI=1S/C21H19BrN2O5/c1-3-28-17-12-13(11-16(22)18(17)29-4-2)10-15-19(25)23-21(27)24(20(15)26)14-8-6-5-7-9-14/h5-12H,3-4H2,1-2H3,(H,23,25,27). The molecule has 3 rings (SSSR count). The lowest BCUT2D eigenvalue weighted by atomic mass is 10.1. The molecule has 0 saturated carbocycles. The van der Waals surface area contributed by atoms with Crippen molar-refractivity contribution in [3.63, 3.8) is 0 Å². The van der Waals surface area contributed by atoms with E-state index in [1.165, 1.54) is 6.08 Å². The average molecular weight is 459 g/mol. The van der Waals surface area contributed by atoms with Crippen LogP contribution in [0.2, 0.25) is 0 Å². The normalized spacial score (nSPS) is 15.5. The summed E-state index contributed by atoms with van der Waals surface area (Å²) in [6.07, 6.45) is 1.42. The molecule has 1 N–H and O–H groups in total. The Labute approximate surface area is 176 Å². The minimum atomic E-state index is -0.786. The Morgan fingerprint density at radius 1 is 1.03 bits per heavy atom. The van der Waals surface area contributed by atoms with E-state index in [-0.39, 0.29) is 5.57 Å². The van der Waals surface area contributed by atoms with Gasteiger partial charge >= 0.3 is 6.03 Å². The van der Waals surface area contributed by atoms with Crippen LogP contribution in [0.1, 0.15) is 19.4 Å². The van der Waals surface area contributed by atoms with Gasteiger partial charge in [0, 0.05) is 0 Å². The fourth-order valence-corrected chi connectivity index (χ4v) is 3.43. The summed E-state index contributed by atoms with van der Waals surface area (Å²) in [5, 5.41) is 2.21. The van der Waals surface area contributed by atoms with Crippen LogP contribution in [-0.4, -0.2) is 31.1 Å². The number of anilines is 1. The third kappa shape index (κ3) is 4.32. The highest BCUT2D eigenvalue weighted by atomic mass is 79.9. The molecule has 0 aliphatic carbocycles. The highest BCUT2D eigenvalue weighted by Crippen LogP contribution is 2.37. The molecule has 2 aromatic rings. The predicted molar refractivity (Wildman–Crippen MR) is 112 cm³/mol. The molecule has 0 unspecified atom stereocenters. The first-order valence-electron chi connectivity index (χ1n) is 9.01. The van der Waals surface area contributed by atoms with Crippen LogP contribution in [0.15, 0.2) is 52.5 Å². The number of rotatable bonds is 6. The van der Waals surface area contributed by atoms with Crippen LogP contribution in [0.5, 0.6) is 11.5 Å². The molecule has 0 aromatic heterocycles.